The largest absolute Gasteiger partial charge is 0.355 e. The van der Waals surface area contributed by atoms with Crippen molar-refractivity contribution in [1.29, 1.82) is 0 Å². The van der Waals surface area contributed by atoms with Crippen LogP contribution >= 0.6 is 0 Å². The highest BCUT2D eigenvalue weighted by molar-refractivity contribution is 5.81. The van der Waals surface area contributed by atoms with E-state index in [2.05, 4.69) is 24.1 Å². The first kappa shape index (κ1) is 15.4. The summed E-state index contributed by atoms with van der Waals surface area (Å²) < 4.78 is 0. The standard InChI is InChI=1S/C12H27N3O/c1-5-15(9-7-13)11(4)12(16)14-8-6-10(2)3/h10-11H,5-9,13H2,1-4H3,(H,14,16). The molecule has 96 valence electrons. The Balaban J connectivity index is 3.95. The molecular weight excluding hydrogens is 202 g/mol. The molecule has 4 heteroatoms. The highest BCUT2D eigenvalue weighted by Gasteiger charge is 2.18. The molecule has 0 saturated heterocycles. The van der Waals surface area contributed by atoms with Crippen molar-refractivity contribution in [3.63, 3.8) is 0 Å². The van der Waals surface area contributed by atoms with E-state index in [1.165, 1.54) is 0 Å². The zero-order chi connectivity index (χ0) is 12.6. The van der Waals surface area contributed by atoms with Crippen LogP contribution in [0.15, 0.2) is 0 Å². The molecule has 0 bridgehead atoms. The van der Waals surface area contributed by atoms with Crippen LogP contribution in [-0.2, 0) is 4.79 Å². The predicted molar refractivity (Wildman–Crippen MR) is 68.2 cm³/mol. The topological polar surface area (TPSA) is 58.4 Å². The Morgan fingerprint density at radius 1 is 1.38 bits per heavy atom. The number of hydrogen-bond acceptors (Lipinski definition) is 3. The van der Waals surface area contributed by atoms with Crippen molar-refractivity contribution < 1.29 is 4.79 Å². The lowest BCUT2D eigenvalue weighted by molar-refractivity contribution is -0.125. The maximum Gasteiger partial charge on any atom is 0.237 e. The molecule has 0 aromatic rings. The minimum absolute atomic E-state index is 0.0827. The molecule has 0 aliphatic rings. The van der Waals surface area contributed by atoms with Crippen molar-refractivity contribution in [2.75, 3.05) is 26.2 Å². The van der Waals surface area contributed by atoms with E-state index in [1.54, 1.807) is 0 Å². The molecule has 4 nitrogen and oxygen atoms in total. The number of rotatable bonds is 8. The second-order valence-corrected chi connectivity index (χ2v) is 4.57. The van der Waals surface area contributed by atoms with Gasteiger partial charge in [-0.3, -0.25) is 9.69 Å². The fourth-order valence-electron chi connectivity index (χ4n) is 1.59. The van der Waals surface area contributed by atoms with Gasteiger partial charge in [-0.2, -0.15) is 0 Å². The molecule has 0 aliphatic heterocycles. The first-order valence-electron chi connectivity index (χ1n) is 6.24. The number of nitrogens with two attached hydrogens (primary N) is 1. The first-order valence-corrected chi connectivity index (χ1v) is 6.24. The van der Waals surface area contributed by atoms with E-state index in [0.717, 1.165) is 26.1 Å². The molecule has 0 radical (unpaired) electrons. The molecule has 0 spiro atoms. The van der Waals surface area contributed by atoms with E-state index < -0.39 is 0 Å². The molecule has 0 aromatic heterocycles. The highest BCUT2D eigenvalue weighted by atomic mass is 16.2. The Labute approximate surface area is 99.6 Å². The van der Waals surface area contributed by atoms with Crippen LogP contribution in [0.4, 0.5) is 0 Å². The summed E-state index contributed by atoms with van der Waals surface area (Å²) in [4.78, 5) is 13.9. The van der Waals surface area contributed by atoms with E-state index in [-0.39, 0.29) is 11.9 Å². The average molecular weight is 229 g/mol. The molecule has 1 amide bonds. The van der Waals surface area contributed by atoms with Gasteiger partial charge in [-0.25, -0.2) is 0 Å². The molecule has 1 unspecified atom stereocenters. The normalized spacial score (nSPS) is 13.2. The lowest BCUT2D eigenvalue weighted by Crippen LogP contribution is -2.47. The quantitative estimate of drug-likeness (QED) is 0.648. The van der Waals surface area contributed by atoms with E-state index in [4.69, 9.17) is 5.73 Å². The van der Waals surface area contributed by atoms with Gasteiger partial charge in [0.2, 0.25) is 5.91 Å². The van der Waals surface area contributed by atoms with Gasteiger partial charge in [-0.05, 0) is 25.8 Å². The van der Waals surface area contributed by atoms with Crippen molar-refractivity contribution in [3.05, 3.63) is 0 Å². The van der Waals surface area contributed by atoms with Crippen LogP contribution in [0.3, 0.4) is 0 Å². The molecule has 16 heavy (non-hydrogen) atoms. The Kier molecular flexibility index (Phi) is 8.21. The van der Waals surface area contributed by atoms with Crippen LogP contribution in [0.25, 0.3) is 0 Å². The molecule has 0 rings (SSSR count). The number of nitrogens with zero attached hydrogens (tertiary/aromatic N) is 1. The summed E-state index contributed by atoms with van der Waals surface area (Å²) in [7, 11) is 0. The van der Waals surface area contributed by atoms with Gasteiger partial charge in [-0.15, -0.1) is 0 Å². The Morgan fingerprint density at radius 3 is 2.44 bits per heavy atom. The number of likely N-dealkylation sites (N-methyl/N-ethyl adjacent to an activating group) is 1. The monoisotopic (exact) mass is 229 g/mol. The Bertz CT molecular complexity index is 195. The Morgan fingerprint density at radius 2 is 2.00 bits per heavy atom. The zero-order valence-electron chi connectivity index (χ0n) is 11.1. The van der Waals surface area contributed by atoms with Gasteiger partial charge in [0.15, 0.2) is 0 Å². The number of carbonyl (C=O) groups is 1. The average Bonchev–Trinajstić information content (AvgIpc) is 2.24. The van der Waals surface area contributed by atoms with Gasteiger partial charge in [0.25, 0.3) is 0 Å². The summed E-state index contributed by atoms with van der Waals surface area (Å²) in [5.74, 6) is 0.734. The third-order valence-corrected chi connectivity index (χ3v) is 2.77. The molecule has 3 N–H and O–H groups in total. The number of nitrogens with one attached hydrogen (secondary N) is 1. The van der Waals surface area contributed by atoms with Gasteiger partial charge in [-0.1, -0.05) is 20.8 Å². The van der Waals surface area contributed by atoms with Crippen LogP contribution in [0.2, 0.25) is 0 Å². The number of amides is 1. The van der Waals surface area contributed by atoms with Crippen molar-refractivity contribution >= 4 is 5.91 Å². The maximum atomic E-state index is 11.8. The highest BCUT2D eigenvalue weighted by Crippen LogP contribution is 2.00. The van der Waals surface area contributed by atoms with Crippen LogP contribution in [0.5, 0.6) is 0 Å². The lowest BCUT2D eigenvalue weighted by atomic mass is 10.1. The van der Waals surface area contributed by atoms with Gasteiger partial charge in [0, 0.05) is 19.6 Å². The second kappa shape index (κ2) is 8.53. The minimum Gasteiger partial charge on any atom is -0.355 e. The van der Waals surface area contributed by atoms with Crippen molar-refractivity contribution in [1.82, 2.24) is 10.2 Å². The summed E-state index contributed by atoms with van der Waals surface area (Å²) in [5, 5.41) is 2.97. The van der Waals surface area contributed by atoms with Crippen molar-refractivity contribution in [2.45, 2.75) is 40.2 Å². The van der Waals surface area contributed by atoms with Crippen LogP contribution in [0, 0.1) is 5.92 Å². The lowest BCUT2D eigenvalue weighted by Gasteiger charge is -2.26. The van der Waals surface area contributed by atoms with Crippen molar-refractivity contribution in [2.24, 2.45) is 11.7 Å². The molecule has 0 aromatic carbocycles. The summed E-state index contributed by atoms with van der Waals surface area (Å²) in [6.07, 6.45) is 1.03. The molecule has 0 aliphatic carbocycles. The van der Waals surface area contributed by atoms with Gasteiger partial charge < -0.3 is 11.1 Å². The van der Waals surface area contributed by atoms with E-state index >= 15 is 0 Å². The maximum absolute atomic E-state index is 11.8. The molecular formula is C12H27N3O. The zero-order valence-corrected chi connectivity index (χ0v) is 11.1. The molecule has 0 fully saturated rings. The van der Waals surface area contributed by atoms with E-state index in [0.29, 0.717) is 12.5 Å². The second-order valence-electron chi connectivity index (χ2n) is 4.57. The van der Waals surface area contributed by atoms with Gasteiger partial charge in [0.1, 0.15) is 0 Å². The van der Waals surface area contributed by atoms with E-state index in [1.807, 2.05) is 13.8 Å². The van der Waals surface area contributed by atoms with E-state index in [9.17, 15) is 4.79 Å². The number of carbonyl (C=O) groups excluding carboxylic acids is 1. The van der Waals surface area contributed by atoms with Gasteiger partial charge in [0.05, 0.1) is 6.04 Å². The first-order chi connectivity index (χ1) is 7.52. The molecule has 0 saturated carbocycles. The van der Waals surface area contributed by atoms with Gasteiger partial charge >= 0.3 is 0 Å². The predicted octanol–water partition coefficient (Wildman–Crippen LogP) is 0.818. The van der Waals surface area contributed by atoms with Crippen LogP contribution < -0.4 is 11.1 Å². The minimum atomic E-state index is -0.0827. The number of hydrogen-bond donors (Lipinski definition) is 2. The van der Waals surface area contributed by atoms with Crippen LogP contribution in [0.1, 0.15) is 34.1 Å². The fraction of sp³-hybridized carbons (Fsp3) is 0.917. The summed E-state index contributed by atoms with van der Waals surface area (Å²) in [6.45, 7) is 11.3. The third kappa shape index (κ3) is 6.08. The van der Waals surface area contributed by atoms with Crippen molar-refractivity contribution in [3.8, 4) is 0 Å². The van der Waals surface area contributed by atoms with Crippen LogP contribution in [-0.4, -0.2) is 43.0 Å². The molecule has 0 heterocycles. The third-order valence-electron chi connectivity index (χ3n) is 2.77. The SMILES string of the molecule is CCN(CCN)C(C)C(=O)NCCC(C)C. The molecule has 1 atom stereocenters. The summed E-state index contributed by atoms with van der Waals surface area (Å²) >= 11 is 0. The summed E-state index contributed by atoms with van der Waals surface area (Å²) in [6, 6.07) is -0.0827. The Hall–Kier alpha value is -0.610. The smallest absolute Gasteiger partial charge is 0.237 e. The fourth-order valence-corrected chi connectivity index (χ4v) is 1.59. The summed E-state index contributed by atoms with van der Waals surface area (Å²) in [5.41, 5.74) is 5.51.